The summed E-state index contributed by atoms with van der Waals surface area (Å²) in [5.41, 5.74) is 1.36. The number of benzene rings is 1. The molecule has 2 aromatic rings. The van der Waals surface area contributed by atoms with Crippen molar-refractivity contribution in [1.29, 1.82) is 0 Å². The Bertz CT molecular complexity index is 724. The van der Waals surface area contributed by atoms with Gasteiger partial charge < -0.3 is 20.2 Å². The zero-order chi connectivity index (χ0) is 16.1. The number of rotatable bonds is 4. The lowest BCUT2D eigenvalue weighted by Gasteiger charge is -2.09. The fourth-order valence-corrected chi connectivity index (χ4v) is 1.97. The van der Waals surface area contributed by atoms with E-state index >= 15 is 0 Å². The Kier molecular flexibility index (Phi) is 4.90. The van der Waals surface area contributed by atoms with E-state index in [4.69, 9.17) is 21.7 Å². The highest BCUT2D eigenvalue weighted by Gasteiger charge is 2.11. The molecule has 6 nitrogen and oxygen atoms in total. The lowest BCUT2D eigenvalue weighted by atomic mass is 10.1. The Hall–Kier alpha value is -2.67. The standard InChI is InChI=1S/C15H14N2O4S/c1-2-13(18)17-15(22)16-10-5-3-4-9(8-10)11-6-7-12(21-11)14(19)20/h3-8H,2H2,1H3,(H,19,20)(H2,16,17,18,22). The van der Waals surface area contributed by atoms with Gasteiger partial charge in [-0.3, -0.25) is 4.79 Å². The summed E-state index contributed by atoms with van der Waals surface area (Å²) in [6.45, 7) is 1.73. The number of carbonyl (C=O) groups is 2. The summed E-state index contributed by atoms with van der Waals surface area (Å²) in [7, 11) is 0. The second kappa shape index (κ2) is 6.86. The first-order valence-corrected chi connectivity index (χ1v) is 6.95. The van der Waals surface area contributed by atoms with Crippen LogP contribution in [0.15, 0.2) is 40.8 Å². The zero-order valence-electron chi connectivity index (χ0n) is 11.8. The molecule has 0 atom stereocenters. The predicted octanol–water partition coefficient (Wildman–Crippen LogP) is 2.87. The summed E-state index contributed by atoms with van der Waals surface area (Å²) in [6.07, 6.45) is 0.340. The largest absolute Gasteiger partial charge is 0.475 e. The van der Waals surface area contributed by atoms with Crippen molar-refractivity contribution in [2.24, 2.45) is 0 Å². The van der Waals surface area contributed by atoms with Crippen molar-refractivity contribution in [2.75, 3.05) is 5.32 Å². The summed E-state index contributed by atoms with van der Waals surface area (Å²) >= 11 is 5.03. The molecule has 0 bridgehead atoms. The molecule has 2 rings (SSSR count). The molecule has 0 saturated heterocycles. The van der Waals surface area contributed by atoms with E-state index in [0.717, 1.165) is 0 Å². The first-order chi connectivity index (χ1) is 10.5. The molecule has 1 heterocycles. The van der Waals surface area contributed by atoms with Crippen LogP contribution in [0.1, 0.15) is 23.9 Å². The molecular formula is C15H14N2O4S. The summed E-state index contributed by atoms with van der Waals surface area (Å²) in [5.74, 6) is -0.988. The third-order valence-corrected chi connectivity index (χ3v) is 3.00. The van der Waals surface area contributed by atoms with Gasteiger partial charge in [0.15, 0.2) is 5.11 Å². The Morgan fingerprint density at radius 2 is 2.05 bits per heavy atom. The van der Waals surface area contributed by atoms with Crippen LogP contribution in [0.3, 0.4) is 0 Å². The maximum Gasteiger partial charge on any atom is 0.371 e. The fourth-order valence-electron chi connectivity index (χ4n) is 1.74. The molecule has 114 valence electrons. The number of aromatic carboxylic acids is 1. The van der Waals surface area contributed by atoms with E-state index in [0.29, 0.717) is 23.4 Å². The van der Waals surface area contributed by atoms with Crippen molar-refractivity contribution in [1.82, 2.24) is 5.32 Å². The van der Waals surface area contributed by atoms with Crippen LogP contribution in [0.2, 0.25) is 0 Å². The van der Waals surface area contributed by atoms with Crippen molar-refractivity contribution in [3.63, 3.8) is 0 Å². The van der Waals surface area contributed by atoms with E-state index in [1.807, 2.05) is 0 Å². The summed E-state index contributed by atoms with van der Waals surface area (Å²) in [4.78, 5) is 22.1. The molecule has 0 aliphatic rings. The molecule has 22 heavy (non-hydrogen) atoms. The summed E-state index contributed by atoms with van der Waals surface area (Å²) in [5, 5.41) is 14.5. The van der Waals surface area contributed by atoms with Crippen LogP contribution in [-0.2, 0) is 4.79 Å². The minimum Gasteiger partial charge on any atom is -0.475 e. The zero-order valence-corrected chi connectivity index (χ0v) is 12.6. The lowest BCUT2D eigenvalue weighted by molar-refractivity contribution is -0.119. The van der Waals surface area contributed by atoms with E-state index in [1.54, 1.807) is 37.3 Å². The van der Waals surface area contributed by atoms with Gasteiger partial charge in [-0.2, -0.15) is 0 Å². The van der Waals surface area contributed by atoms with Crippen LogP contribution in [-0.4, -0.2) is 22.1 Å². The highest BCUT2D eigenvalue weighted by molar-refractivity contribution is 7.80. The highest BCUT2D eigenvalue weighted by atomic mass is 32.1. The topological polar surface area (TPSA) is 91.6 Å². The molecule has 1 aromatic carbocycles. The van der Waals surface area contributed by atoms with Crippen molar-refractivity contribution < 1.29 is 19.1 Å². The first-order valence-electron chi connectivity index (χ1n) is 6.54. The van der Waals surface area contributed by atoms with E-state index in [2.05, 4.69) is 10.6 Å². The Labute approximate surface area is 132 Å². The van der Waals surface area contributed by atoms with Crippen LogP contribution in [0.25, 0.3) is 11.3 Å². The Balaban J connectivity index is 2.14. The molecule has 0 radical (unpaired) electrons. The average Bonchev–Trinajstić information content (AvgIpc) is 2.97. The molecule has 0 aliphatic heterocycles. The third-order valence-electron chi connectivity index (χ3n) is 2.80. The number of amides is 1. The smallest absolute Gasteiger partial charge is 0.371 e. The van der Waals surface area contributed by atoms with Crippen molar-refractivity contribution in [3.8, 4) is 11.3 Å². The first kappa shape index (κ1) is 15.7. The van der Waals surface area contributed by atoms with Crippen LogP contribution < -0.4 is 10.6 Å². The second-order valence-electron chi connectivity index (χ2n) is 4.41. The van der Waals surface area contributed by atoms with Crippen LogP contribution in [0.4, 0.5) is 5.69 Å². The van der Waals surface area contributed by atoms with Gasteiger partial charge in [-0.05, 0) is 36.5 Å². The molecule has 0 saturated carbocycles. The lowest BCUT2D eigenvalue weighted by Crippen LogP contribution is -2.33. The number of thiocarbonyl (C=S) groups is 1. The molecular weight excluding hydrogens is 304 g/mol. The van der Waals surface area contributed by atoms with Gasteiger partial charge in [-0.25, -0.2) is 4.79 Å². The third kappa shape index (κ3) is 3.92. The average molecular weight is 318 g/mol. The predicted molar refractivity (Wildman–Crippen MR) is 85.8 cm³/mol. The summed E-state index contributed by atoms with van der Waals surface area (Å²) in [6, 6.07) is 10.0. The quantitative estimate of drug-likeness (QED) is 0.751. The molecule has 3 N–H and O–H groups in total. The number of furan rings is 1. The molecule has 0 unspecified atom stereocenters. The number of anilines is 1. The van der Waals surface area contributed by atoms with Crippen molar-refractivity contribution in [2.45, 2.75) is 13.3 Å². The van der Waals surface area contributed by atoms with Gasteiger partial charge in [0.1, 0.15) is 5.76 Å². The van der Waals surface area contributed by atoms with E-state index in [-0.39, 0.29) is 16.8 Å². The van der Waals surface area contributed by atoms with Gasteiger partial charge in [0.05, 0.1) is 0 Å². The number of hydrogen-bond acceptors (Lipinski definition) is 4. The number of hydrogen-bond donors (Lipinski definition) is 3. The molecule has 7 heteroatoms. The minimum absolute atomic E-state index is 0.126. The van der Waals surface area contributed by atoms with Gasteiger partial charge in [0.2, 0.25) is 11.7 Å². The van der Waals surface area contributed by atoms with Gasteiger partial charge in [-0.1, -0.05) is 19.1 Å². The minimum atomic E-state index is -1.12. The Morgan fingerprint density at radius 1 is 1.27 bits per heavy atom. The van der Waals surface area contributed by atoms with E-state index in [1.165, 1.54) is 6.07 Å². The highest BCUT2D eigenvalue weighted by Crippen LogP contribution is 2.24. The second-order valence-corrected chi connectivity index (χ2v) is 4.81. The van der Waals surface area contributed by atoms with Gasteiger partial charge in [0, 0.05) is 17.7 Å². The van der Waals surface area contributed by atoms with Gasteiger partial charge >= 0.3 is 5.97 Å². The molecule has 1 amide bonds. The van der Waals surface area contributed by atoms with Gasteiger partial charge in [0.25, 0.3) is 0 Å². The van der Waals surface area contributed by atoms with Gasteiger partial charge in [-0.15, -0.1) is 0 Å². The maximum absolute atomic E-state index is 11.3. The van der Waals surface area contributed by atoms with Crippen molar-refractivity contribution in [3.05, 3.63) is 42.2 Å². The molecule has 0 fully saturated rings. The molecule has 1 aromatic heterocycles. The van der Waals surface area contributed by atoms with E-state index < -0.39 is 5.97 Å². The number of carboxylic acid groups (broad SMARTS) is 1. The monoisotopic (exact) mass is 318 g/mol. The SMILES string of the molecule is CCC(=O)NC(=S)Nc1cccc(-c2ccc(C(=O)O)o2)c1. The fraction of sp³-hybridized carbons (Fsp3) is 0.133. The molecule has 0 spiro atoms. The van der Waals surface area contributed by atoms with Crippen LogP contribution in [0.5, 0.6) is 0 Å². The van der Waals surface area contributed by atoms with Crippen molar-refractivity contribution >= 4 is 34.9 Å². The summed E-state index contributed by atoms with van der Waals surface area (Å²) < 4.78 is 5.24. The maximum atomic E-state index is 11.3. The van der Waals surface area contributed by atoms with E-state index in [9.17, 15) is 9.59 Å². The van der Waals surface area contributed by atoms with Crippen LogP contribution in [0, 0.1) is 0 Å². The number of nitrogens with one attached hydrogen (secondary N) is 2. The number of carbonyl (C=O) groups excluding carboxylic acids is 1. The number of carboxylic acids is 1. The molecule has 0 aliphatic carbocycles. The Morgan fingerprint density at radius 3 is 2.68 bits per heavy atom. The normalized spacial score (nSPS) is 10.0. The van der Waals surface area contributed by atoms with Crippen LogP contribution >= 0.6 is 12.2 Å².